The Kier molecular flexibility index (Phi) is 5.00. The molecule has 0 aromatic carbocycles. The van der Waals surface area contributed by atoms with Gasteiger partial charge in [0, 0.05) is 39.4 Å². The summed E-state index contributed by atoms with van der Waals surface area (Å²) in [5, 5.41) is 9.06. The topological polar surface area (TPSA) is 87.2 Å². The first-order valence-electron chi connectivity index (χ1n) is 6.96. The highest BCUT2D eigenvalue weighted by atomic mass is 32.2. The maximum Gasteiger partial charge on any atom is 0.307 e. The highest BCUT2D eigenvalue weighted by molar-refractivity contribution is 7.86. The number of hydrogen-bond donors (Lipinski definition) is 1. The second-order valence-electron chi connectivity index (χ2n) is 5.40. The molecule has 2 rings (SSSR count). The first kappa shape index (κ1) is 15.7. The fraction of sp³-hybridized carbons (Fsp3) is 0.917. The molecule has 0 spiro atoms. The summed E-state index contributed by atoms with van der Waals surface area (Å²) in [5.41, 5.74) is 0. The number of carboxylic acids is 1. The maximum atomic E-state index is 12.6. The van der Waals surface area contributed by atoms with Gasteiger partial charge in [-0.2, -0.15) is 17.0 Å². The van der Waals surface area contributed by atoms with Crippen LogP contribution in [0.3, 0.4) is 0 Å². The quantitative estimate of drug-likeness (QED) is 0.798. The van der Waals surface area contributed by atoms with Crippen LogP contribution in [0.1, 0.15) is 25.7 Å². The zero-order valence-corrected chi connectivity index (χ0v) is 12.5. The molecular weight excluding hydrogens is 284 g/mol. The molecule has 2 fully saturated rings. The van der Waals surface area contributed by atoms with Gasteiger partial charge in [0.1, 0.15) is 0 Å². The van der Waals surface area contributed by atoms with Crippen molar-refractivity contribution < 1.29 is 23.1 Å². The summed E-state index contributed by atoms with van der Waals surface area (Å²) >= 11 is 0. The molecule has 2 heterocycles. The summed E-state index contributed by atoms with van der Waals surface area (Å²) in [4.78, 5) is 11.0. The molecule has 1 atom stereocenters. The van der Waals surface area contributed by atoms with Gasteiger partial charge in [-0.15, -0.1) is 0 Å². The zero-order valence-electron chi connectivity index (χ0n) is 11.7. The minimum absolute atomic E-state index is 0.0565. The van der Waals surface area contributed by atoms with Crippen LogP contribution in [0.25, 0.3) is 0 Å². The maximum absolute atomic E-state index is 12.6. The molecule has 8 heteroatoms. The van der Waals surface area contributed by atoms with E-state index < -0.39 is 22.1 Å². The van der Waals surface area contributed by atoms with Gasteiger partial charge in [-0.25, -0.2) is 0 Å². The molecule has 2 aliphatic rings. The van der Waals surface area contributed by atoms with Crippen LogP contribution in [0.5, 0.6) is 0 Å². The van der Waals surface area contributed by atoms with Crippen LogP contribution in [0.2, 0.25) is 0 Å². The van der Waals surface area contributed by atoms with Gasteiger partial charge in [0.05, 0.1) is 5.92 Å². The average Bonchev–Trinajstić information content (AvgIpc) is 2.47. The fourth-order valence-electron chi connectivity index (χ4n) is 2.77. The molecule has 1 unspecified atom stereocenters. The smallest absolute Gasteiger partial charge is 0.307 e. The van der Waals surface area contributed by atoms with Gasteiger partial charge >= 0.3 is 5.97 Å². The number of aliphatic carboxylic acids is 1. The third kappa shape index (κ3) is 3.30. The van der Waals surface area contributed by atoms with Crippen molar-refractivity contribution in [1.82, 2.24) is 8.61 Å². The van der Waals surface area contributed by atoms with Gasteiger partial charge < -0.3 is 9.84 Å². The lowest BCUT2D eigenvalue weighted by Gasteiger charge is -2.37. The number of hydrogen-bond acceptors (Lipinski definition) is 4. The number of rotatable bonds is 4. The zero-order chi connectivity index (χ0) is 14.8. The first-order valence-corrected chi connectivity index (χ1v) is 8.36. The average molecular weight is 306 g/mol. The molecule has 0 aliphatic carbocycles. The lowest BCUT2D eigenvalue weighted by Crippen LogP contribution is -2.51. The number of ether oxygens (including phenoxy) is 1. The van der Waals surface area contributed by atoms with E-state index in [4.69, 9.17) is 9.84 Å². The van der Waals surface area contributed by atoms with Gasteiger partial charge in [-0.3, -0.25) is 4.79 Å². The monoisotopic (exact) mass is 306 g/mol. The van der Waals surface area contributed by atoms with Gasteiger partial charge in [-0.05, 0) is 25.7 Å². The molecule has 116 valence electrons. The first-order chi connectivity index (χ1) is 9.43. The van der Waals surface area contributed by atoms with Crippen molar-refractivity contribution in [3.8, 4) is 0 Å². The predicted molar refractivity (Wildman–Crippen MR) is 72.5 cm³/mol. The third-order valence-corrected chi connectivity index (χ3v) is 6.14. The lowest BCUT2D eigenvalue weighted by molar-refractivity contribution is -0.142. The second-order valence-corrected chi connectivity index (χ2v) is 7.39. The van der Waals surface area contributed by atoms with E-state index in [1.165, 1.54) is 8.61 Å². The van der Waals surface area contributed by atoms with Crippen LogP contribution in [-0.2, 0) is 19.7 Å². The molecule has 20 heavy (non-hydrogen) atoms. The molecule has 0 saturated carbocycles. The van der Waals surface area contributed by atoms with Crippen molar-refractivity contribution in [3.05, 3.63) is 0 Å². The molecule has 1 N–H and O–H groups in total. The van der Waals surface area contributed by atoms with Crippen LogP contribution in [0, 0.1) is 5.92 Å². The predicted octanol–water partition coefficient (Wildman–Crippen LogP) is 0.139. The molecule has 0 aromatic rings. The summed E-state index contributed by atoms with van der Waals surface area (Å²) in [6.07, 6.45) is 2.51. The number of carboxylic acid groups (broad SMARTS) is 1. The van der Waals surface area contributed by atoms with E-state index in [0.29, 0.717) is 45.4 Å². The van der Waals surface area contributed by atoms with Crippen molar-refractivity contribution in [2.45, 2.75) is 31.7 Å². The van der Waals surface area contributed by atoms with E-state index in [-0.39, 0.29) is 12.6 Å². The Balaban J connectivity index is 2.06. The minimum atomic E-state index is -3.58. The van der Waals surface area contributed by atoms with Crippen molar-refractivity contribution in [1.29, 1.82) is 0 Å². The largest absolute Gasteiger partial charge is 0.481 e. The molecule has 2 aliphatic heterocycles. The molecule has 2 saturated heterocycles. The van der Waals surface area contributed by atoms with E-state index in [2.05, 4.69) is 0 Å². The SMILES string of the molecule is CN(C1CCOCC1)S(=O)(=O)N1CCCC(C(=O)O)C1. The van der Waals surface area contributed by atoms with Crippen LogP contribution in [0.15, 0.2) is 0 Å². The summed E-state index contributed by atoms with van der Waals surface area (Å²) in [5.74, 6) is -1.51. The molecular formula is C12H22N2O5S. The Morgan fingerprint density at radius 2 is 1.95 bits per heavy atom. The molecule has 7 nitrogen and oxygen atoms in total. The van der Waals surface area contributed by atoms with Gasteiger partial charge in [-0.1, -0.05) is 0 Å². The second kappa shape index (κ2) is 6.38. The van der Waals surface area contributed by atoms with E-state index >= 15 is 0 Å². The van der Waals surface area contributed by atoms with Crippen LogP contribution in [0.4, 0.5) is 0 Å². The van der Waals surface area contributed by atoms with Gasteiger partial charge in [0.25, 0.3) is 10.2 Å². The summed E-state index contributed by atoms with van der Waals surface area (Å²) in [6.45, 7) is 1.62. The highest BCUT2D eigenvalue weighted by Gasteiger charge is 2.37. The molecule has 0 aromatic heterocycles. The van der Waals surface area contributed by atoms with E-state index in [1.807, 2.05) is 0 Å². The van der Waals surface area contributed by atoms with Gasteiger partial charge in [0.2, 0.25) is 0 Å². The Labute approximate surface area is 119 Å². The van der Waals surface area contributed by atoms with E-state index in [9.17, 15) is 13.2 Å². The summed E-state index contributed by atoms with van der Waals surface area (Å²) in [7, 11) is -2.00. The normalized spacial score (nSPS) is 26.8. The summed E-state index contributed by atoms with van der Waals surface area (Å²) in [6, 6.07) is -0.0565. The van der Waals surface area contributed by atoms with Crippen LogP contribution >= 0.6 is 0 Å². The minimum Gasteiger partial charge on any atom is -0.481 e. The lowest BCUT2D eigenvalue weighted by atomic mass is 10.0. The summed E-state index contributed by atoms with van der Waals surface area (Å²) < 4.78 is 33.1. The Hall–Kier alpha value is -0.700. The van der Waals surface area contributed by atoms with E-state index in [1.54, 1.807) is 7.05 Å². The highest BCUT2D eigenvalue weighted by Crippen LogP contribution is 2.24. The molecule has 0 amide bonds. The molecule has 0 bridgehead atoms. The Bertz CT molecular complexity index is 447. The number of carbonyl (C=O) groups is 1. The number of piperidine rings is 1. The molecule has 0 radical (unpaired) electrons. The van der Waals surface area contributed by atoms with Crippen molar-refractivity contribution >= 4 is 16.2 Å². The number of nitrogens with zero attached hydrogens (tertiary/aromatic N) is 2. The van der Waals surface area contributed by atoms with E-state index in [0.717, 1.165) is 0 Å². The standard InChI is InChI=1S/C12H22N2O5S/c1-13(11-4-7-19-8-5-11)20(17,18)14-6-2-3-10(9-14)12(15)16/h10-11H,2-9H2,1H3,(H,15,16). The van der Waals surface area contributed by atoms with Gasteiger partial charge in [0.15, 0.2) is 0 Å². The van der Waals surface area contributed by atoms with Crippen LogP contribution in [-0.4, -0.2) is 67.5 Å². The fourth-order valence-corrected chi connectivity index (χ4v) is 4.45. The third-order valence-electron chi connectivity index (χ3n) is 4.13. The Morgan fingerprint density at radius 1 is 1.30 bits per heavy atom. The Morgan fingerprint density at radius 3 is 2.55 bits per heavy atom. The van der Waals surface area contributed by atoms with Crippen molar-refractivity contribution in [2.24, 2.45) is 5.92 Å². The van der Waals surface area contributed by atoms with Crippen LogP contribution < -0.4 is 0 Å². The van der Waals surface area contributed by atoms with Crippen molar-refractivity contribution in [3.63, 3.8) is 0 Å². The van der Waals surface area contributed by atoms with Crippen molar-refractivity contribution in [2.75, 3.05) is 33.4 Å².